The Morgan fingerprint density at radius 3 is 2.85 bits per heavy atom. The van der Waals surface area contributed by atoms with Crippen LogP contribution in [-0.2, 0) is 17.6 Å². The van der Waals surface area contributed by atoms with Gasteiger partial charge in [0.05, 0.1) is 23.3 Å². The van der Waals surface area contributed by atoms with Crippen LogP contribution in [0.3, 0.4) is 0 Å². The average Bonchev–Trinajstić information content (AvgIpc) is 3.03. The lowest BCUT2D eigenvalue weighted by Gasteiger charge is -2.22. The maximum atomic E-state index is 11.2. The van der Waals surface area contributed by atoms with Crippen LogP contribution in [0.5, 0.6) is 0 Å². The molecule has 0 spiro atoms. The van der Waals surface area contributed by atoms with Crippen molar-refractivity contribution in [2.45, 2.75) is 51.6 Å². The molecule has 0 saturated carbocycles. The Morgan fingerprint density at radius 1 is 1.40 bits per heavy atom. The van der Waals surface area contributed by atoms with Gasteiger partial charge >= 0.3 is 5.97 Å². The molecule has 2 aliphatic rings. The first kappa shape index (κ1) is 13.5. The van der Waals surface area contributed by atoms with Gasteiger partial charge in [0.15, 0.2) is 0 Å². The van der Waals surface area contributed by atoms with Gasteiger partial charge in [0.1, 0.15) is 0 Å². The summed E-state index contributed by atoms with van der Waals surface area (Å²) in [7, 11) is 0. The number of fused-ring (bicyclic) bond motifs is 1. The lowest BCUT2D eigenvalue weighted by molar-refractivity contribution is -0.142. The summed E-state index contributed by atoms with van der Waals surface area (Å²) in [4.78, 5) is 13.6. The predicted molar refractivity (Wildman–Crippen MR) is 73.5 cm³/mol. The highest BCUT2D eigenvalue weighted by atomic mass is 16.4. The molecule has 1 aromatic rings. The molecule has 2 atom stereocenters. The number of nitrogens with zero attached hydrogens (tertiary/aromatic N) is 4. The van der Waals surface area contributed by atoms with Crippen LogP contribution in [-0.4, -0.2) is 50.1 Å². The standard InChI is InChI=1S/C14H22N4O2/c1-9(2)17-6-5-11(8-17)18-13-7-10(14(19)20)3-4-12(13)15-16-18/h9-11H,3-8H2,1-2H3,(H,19,20). The third kappa shape index (κ3) is 2.32. The first-order valence-corrected chi connectivity index (χ1v) is 7.46. The molecule has 1 aromatic heterocycles. The van der Waals surface area contributed by atoms with Gasteiger partial charge in [-0.05, 0) is 33.1 Å². The monoisotopic (exact) mass is 278 g/mol. The molecule has 0 amide bonds. The number of aromatic nitrogens is 3. The third-order valence-corrected chi connectivity index (χ3v) is 4.66. The zero-order valence-electron chi connectivity index (χ0n) is 12.1. The SMILES string of the molecule is CC(C)N1CCC(n2nnc3c2CC(C(=O)O)CC3)C1. The minimum atomic E-state index is -0.696. The molecule has 1 N–H and O–H groups in total. The zero-order chi connectivity index (χ0) is 14.3. The Morgan fingerprint density at radius 2 is 2.20 bits per heavy atom. The molecule has 1 fully saturated rings. The number of likely N-dealkylation sites (tertiary alicyclic amines) is 1. The topological polar surface area (TPSA) is 71.2 Å². The number of carboxylic acids is 1. The summed E-state index contributed by atoms with van der Waals surface area (Å²) in [6.07, 6.45) is 3.08. The van der Waals surface area contributed by atoms with Gasteiger partial charge < -0.3 is 5.11 Å². The fraction of sp³-hybridized carbons (Fsp3) is 0.786. The van der Waals surface area contributed by atoms with E-state index in [4.69, 9.17) is 0 Å². The van der Waals surface area contributed by atoms with Crippen molar-refractivity contribution in [1.82, 2.24) is 19.9 Å². The Labute approximate surface area is 118 Å². The molecule has 6 heteroatoms. The van der Waals surface area contributed by atoms with E-state index >= 15 is 0 Å². The molecule has 0 aromatic carbocycles. The zero-order valence-corrected chi connectivity index (χ0v) is 12.1. The van der Waals surface area contributed by atoms with E-state index < -0.39 is 5.97 Å². The molecule has 0 radical (unpaired) electrons. The Hall–Kier alpha value is -1.43. The third-order valence-electron chi connectivity index (χ3n) is 4.66. The Kier molecular flexibility index (Phi) is 3.50. The van der Waals surface area contributed by atoms with E-state index in [1.165, 1.54) is 0 Å². The van der Waals surface area contributed by atoms with Crippen LogP contribution in [0.4, 0.5) is 0 Å². The second-order valence-electron chi connectivity index (χ2n) is 6.24. The van der Waals surface area contributed by atoms with E-state index in [0.29, 0.717) is 24.9 Å². The fourth-order valence-electron chi connectivity index (χ4n) is 3.34. The number of aryl methyl sites for hydroxylation is 1. The smallest absolute Gasteiger partial charge is 0.306 e. The van der Waals surface area contributed by atoms with E-state index in [2.05, 4.69) is 29.1 Å². The minimum Gasteiger partial charge on any atom is -0.481 e. The van der Waals surface area contributed by atoms with Gasteiger partial charge in [-0.15, -0.1) is 5.10 Å². The highest BCUT2D eigenvalue weighted by molar-refractivity contribution is 5.70. The maximum absolute atomic E-state index is 11.2. The molecule has 3 rings (SSSR count). The summed E-state index contributed by atoms with van der Waals surface area (Å²) >= 11 is 0. The average molecular weight is 278 g/mol. The molecule has 0 bridgehead atoms. The van der Waals surface area contributed by atoms with Crippen molar-refractivity contribution in [3.05, 3.63) is 11.4 Å². The summed E-state index contributed by atoms with van der Waals surface area (Å²) in [5.41, 5.74) is 2.06. The van der Waals surface area contributed by atoms with Crippen LogP contribution in [0, 0.1) is 5.92 Å². The lowest BCUT2D eigenvalue weighted by Crippen LogP contribution is -2.30. The number of hydrogen-bond donors (Lipinski definition) is 1. The minimum absolute atomic E-state index is 0.276. The Bertz CT molecular complexity index is 511. The van der Waals surface area contributed by atoms with Crippen LogP contribution < -0.4 is 0 Å². The molecular weight excluding hydrogens is 256 g/mol. The van der Waals surface area contributed by atoms with Crippen molar-refractivity contribution in [2.75, 3.05) is 13.1 Å². The van der Waals surface area contributed by atoms with Crippen molar-refractivity contribution >= 4 is 5.97 Å². The molecule has 20 heavy (non-hydrogen) atoms. The fourth-order valence-corrected chi connectivity index (χ4v) is 3.34. The van der Waals surface area contributed by atoms with Crippen LogP contribution in [0.15, 0.2) is 0 Å². The second-order valence-corrected chi connectivity index (χ2v) is 6.24. The van der Waals surface area contributed by atoms with Crippen molar-refractivity contribution < 1.29 is 9.90 Å². The first-order valence-electron chi connectivity index (χ1n) is 7.46. The van der Waals surface area contributed by atoms with E-state index in [0.717, 1.165) is 37.3 Å². The largest absolute Gasteiger partial charge is 0.481 e. The van der Waals surface area contributed by atoms with E-state index in [1.807, 2.05) is 4.68 Å². The highest BCUT2D eigenvalue weighted by Crippen LogP contribution is 2.29. The van der Waals surface area contributed by atoms with Crippen LogP contribution >= 0.6 is 0 Å². The van der Waals surface area contributed by atoms with E-state index in [1.54, 1.807) is 0 Å². The molecule has 2 heterocycles. The van der Waals surface area contributed by atoms with Crippen molar-refractivity contribution in [2.24, 2.45) is 5.92 Å². The van der Waals surface area contributed by atoms with Crippen LogP contribution in [0.25, 0.3) is 0 Å². The normalized spacial score (nSPS) is 26.9. The summed E-state index contributed by atoms with van der Waals surface area (Å²) in [5, 5.41) is 17.8. The number of carboxylic acid groups (broad SMARTS) is 1. The maximum Gasteiger partial charge on any atom is 0.306 e. The molecule has 6 nitrogen and oxygen atoms in total. The van der Waals surface area contributed by atoms with Gasteiger partial charge in [0.2, 0.25) is 0 Å². The highest BCUT2D eigenvalue weighted by Gasteiger charge is 2.33. The van der Waals surface area contributed by atoms with Crippen LogP contribution in [0.1, 0.15) is 44.1 Å². The van der Waals surface area contributed by atoms with Gasteiger partial charge in [-0.1, -0.05) is 5.21 Å². The van der Waals surface area contributed by atoms with Crippen LogP contribution in [0.2, 0.25) is 0 Å². The van der Waals surface area contributed by atoms with E-state index in [9.17, 15) is 9.90 Å². The van der Waals surface area contributed by atoms with Crippen molar-refractivity contribution in [3.8, 4) is 0 Å². The lowest BCUT2D eigenvalue weighted by atomic mass is 9.89. The van der Waals surface area contributed by atoms with Crippen molar-refractivity contribution in [1.29, 1.82) is 0 Å². The quantitative estimate of drug-likeness (QED) is 0.897. The molecule has 1 saturated heterocycles. The number of rotatable bonds is 3. The summed E-state index contributed by atoms with van der Waals surface area (Å²) < 4.78 is 2.01. The van der Waals surface area contributed by atoms with Gasteiger partial charge in [-0.2, -0.15) is 0 Å². The Balaban J connectivity index is 1.79. The molecule has 2 unspecified atom stereocenters. The summed E-state index contributed by atoms with van der Waals surface area (Å²) in [5.74, 6) is -0.971. The van der Waals surface area contributed by atoms with Gasteiger partial charge in [0.25, 0.3) is 0 Å². The summed E-state index contributed by atoms with van der Waals surface area (Å²) in [6.45, 7) is 6.49. The van der Waals surface area contributed by atoms with Gasteiger partial charge in [-0.3, -0.25) is 9.69 Å². The molecular formula is C14H22N4O2. The van der Waals surface area contributed by atoms with Gasteiger partial charge in [0, 0.05) is 25.6 Å². The molecule has 110 valence electrons. The molecule has 1 aliphatic carbocycles. The molecule has 1 aliphatic heterocycles. The van der Waals surface area contributed by atoms with Gasteiger partial charge in [-0.25, -0.2) is 4.68 Å². The van der Waals surface area contributed by atoms with E-state index in [-0.39, 0.29) is 5.92 Å². The first-order chi connectivity index (χ1) is 9.56. The summed E-state index contributed by atoms with van der Waals surface area (Å²) in [6, 6.07) is 0.896. The number of aliphatic carboxylic acids is 1. The predicted octanol–water partition coefficient (Wildman–Crippen LogP) is 1.12. The number of hydrogen-bond acceptors (Lipinski definition) is 4. The number of carbonyl (C=O) groups is 1. The van der Waals surface area contributed by atoms with Crippen molar-refractivity contribution in [3.63, 3.8) is 0 Å². The second kappa shape index (κ2) is 5.16.